The van der Waals surface area contributed by atoms with Crippen LogP contribution in [0.1, 0.15) is 34.6 Å². The fourth-order valence-electron chi connectivity index (χ4n) is 2.23. The lowest BCUT2D eigenvalue weighted by molar-refractivity contribution is 0.0980. The maximum absolute atomic E-state index is 12.7. The number of carbonyl (C=O) groups excluding carboxylic acids is 2. The number of hydrogen-bond acceptors (Lipinski definition) is 2. The highest BCUT2D eigenvalue weighted by atomic mass is 16.2. The van der Waals surface area contributed by atoms with Gasteiger partial charge in [0.05, 0.1) is 11.3 Å². The van der Waals surface area contributed by atoms with Gasteiger partial charge in [-0.05, 0) is 38.1 Å². The van der Waals surface area contributed by atoms with Crippen molar-refractivity contribution in [2.45, 2.75) is 19.9 Å². The van der Waals surface area contributed by atoms with Gasteiger partial charge >= 0.3 is 0 Å². The first-order chi connectivity index (χ1) is 10.0. The number of benzene rings is 2. The van der Waals surface area contributed by atoms with E-state index in [4.69, 9.17) is 5.73 Å². The van der Waals surface area contributed by atoms with E-state index in [0.29, 0.717) is 16.8 Å². The molecule has 21 heavy (non-hydrogen) atoms. The SMILES string of the molecule is CC(C)N(C(=O)c1ccccc1)c1ccccc1C(N)=O. The molecule has 2 rings (SSSR count). The summed E-state index contributed by atoms with van der Waals surface area (Å²) in [6, 6.07) is 15.8. The van der Waals surface area contributed by atoms with Crippen molar-refractivity contribution >= 4 is 17.5 Å². The summed E-state index contributed by atoms with van der Waals surface area (Å²) < 4.78 is 0. The van der Waals surface area contributed by atoms with Gasteiger partial charge in [0.15, 0.2) is 0 Å². The number of anilines is 1. The first-order valence-corrected chi connectivity index (χ1v) is 6.80. The molecular weight excluding hydrogens is 264 g/mol. The maximum Gasteiger partial charge on any atom is 0.258 e. The average molecular weight is 282 g/mol. The zero-order valence-corrected chi connectivity index (χ0v) is 12.1. The van der Waals surface area contributed by atoms with E-state index >= 15 is 0 Å². The Morgan fingerprint density at radius 3 is 2.10 bits per heavy atom. The van der Waals surface area contributed by atoms with Crippen molar-refractivity contribution in [3.05, 3.63) is 65.7 Å². The second-order valence-electron chi connectivity index (χ2n) is 5.02. The number of rotatable bonds is 4. The van der Waals surface area contributed by atoms with E-state index in [-0.39, 0.29) is 11.9 Å². The number of nitrogens with zero attached hydrogens (tertiary/aromatic N) is 1. The maximum atomic E-state index is 12.7. The van der Waals surface area contributed by atoms with Crippen molar-refractivity contribution in [1.82, 2.24) is 0 Å². The molecule has 0 saturated heterocycles. The first-order valence-electron chi connectivity index (χ1n) is 6.80. The van der Waals surface area contributed by atoms with Gasteiger partial charge < -0.3 is 10.6 Å². The summed E-state index contributed by atoms with van der Waals surface area (Å²) >= 11 is 0. The highest BCUT2D eigenvalue weighted by Crippen LogP contribution is 2.24. The summed E-state index contributed by atoms with van der Waals surface area (Å²) in [5, 5.41) is 0. The molecule has 4 nitrogen and oxygen atoms in total. The lowest BCUT2D eigenvalue weighted by atomic mass is 10.1. The van der Waals surface area contributed by atoms with Gasteiger partial charge in [-0.2, -0.15) is 0 Å². The van der Waals surface area contributed by atoms with Gasteiger partial charge in [-0.25, -0.2) is 0 Å². The van der Waals surface area contributed by atoms with Crippen molar-refractivity contribution < 1.29 is 9.59 Å². The molecule has 2 aromatic carbocycles. The monoisotopic (exact) mass is 282 g/mol. The van der Waals surface area contributed by atoms with Crippen LogP contribution >= 0.6 is 0 Å². The predicted molar refractivity (Wildman–Crippen MR) is 83.3 cm³/mol. The summed E-state index contributed by atoms with van der Waals surface area (Å²) in [5.41, 5.74) is 6.87. The van der Waals surface area contributed by atoms with E-state index in [1.807, 2.05) is 32.0 Å². The molecule has 0 radical (unpaired) electrons. The van der Waals surface area contributed by atoms with E-state index in [1.54, 1.807) is 41.3 Å². The molecule has 0 saturated carbocycles. The third-order valence-electron chi connectivity index (χ3n) is 3.18. The largest absolute Gasteiger partial charge is 0.366 e. The molecule has 4 heteroatoms. The Balaban J connectivity index is 2.50. The molecule has 0 unspecified atom stereocenters. The Bertz CT molecular complexity index is 651. The quantitative estimate of drug-likeness (QED) is 0.937. The zero-order chi connectivity index (χ0) is 15.4. The first kappa shape index (κ1) is 14.8. The molecule has 2 aromatic rings. The lowest BCUT2D eigenvalue weighted by Gasteiger charge is -2.28. The molecular formula is C17H18N2O2. The molecule has 2 amide bonds. The highest BCUT2D eigenvalue weighted by Gasteiger charge is 2.24. The molecule has 0 aliphatic heterocycles. The van der Waals surface area contributed by atoms with Gasteiger partial charge in [-0.1, -0.05) is 30.3 Å². The Hall–Kier alpha value is -2.62. The number of carbonyl (C=O) groups is 2. The van der Waals surface area contributed by atoms with Gasteiger partial charge in [0.2, 0.25) is 0 Å². The van der Waals surface area contributed by atoms with E-state index in [1.165, 1.54) is 0 Å². The smallest absolute Gasteiger partial charge is 0.258 e. The number of primary amides is 1. The normalized spacial score (nSPS) is 10.4. The van der Waals surface area contributed by atoms with Crippen LogP contribution in [0.5, 0.6) is 0 Å². The molecule has 0 fully saturated rings. The van der Waals surface area contributed by atoms with Crippen molar-refractivity contribution in [2.75, 3.05) is 4.90 Å². The van der Waals surface area contributed by atoms with Gasteiger partial charge in [-0.3, -0.25) is 9.59 Å². The molecule has 0 aliphatic carbocycles. The Morgan fingerprint density at radius 1 is 0.952 bits per heavy atom. The molecule has 0 heterocycles. The number of amides is 2. The lowest BCUT2D eigenvalue weighted by Crippen LogP contribution is -2.38. The number of nitrogens with two attached hydrogens (primary N) is 1. The second kappa shape index (κ2) is 6.22. The van der Waals surface area contributed by atoms with Gasteiger partial charge in [0.1, 0.15) is 0 Å². The highest BCUT2D eigenvalue weighted by molar-refractivity contribution is 6.10. The Morgan fingerprint density at radius 2 is 1.52 bits per heavy atom. The summed E-state index contributed by atoms with van der Waals surface area (Å²) in [5.74, 6) is -0.698. The van der Waals surface area contributed by atoms with Crippen molar-refractivity contribution in [3.8, 4) is 0 Å². The summed E-state index contributed by atoms with van der Waals surface area (Å²) in [6.45, 7) is 3.80. The molecule has 0 bridgehead atoms. The minimum atomic E-state index is -0.544. The topological polar surface area (TPSA) is 63.4 Å². The van der Waals surface area contributed by atoms with Crippen LogP contribution in [0.2, 0.25) is 0 Å². The second-order valence-corrected chi connectivity index (χ2v) is 5.02. The minimum absolute atomic E-state index is 0.0989. The van der Waals surface area contributed by atoms with Crippen molar-refractivity contribution in [1.29, 1.82) is 0 Å². The van der Waals surface area contributed by atoms with Crippen LogP contribution in [0.15, 0.2) is 54.6 Å². The Labute approximate surface area is 124 Å². The van der Waals surface area contributed by atoms with Gasteiger partial charge in [-0.15, -0.1) is 0 Å². The van der Waals surface area contributed by atoms with Gasteiger partial charge in [0.25, 0.3) is 11.8 Å². The zero-order valence-electron chi connectivity index (χ0n) is 12.1. The van der Waals surface area contributed by atoms with E-state index < -0.39 is 5.91 Å². The standard InChI is InChI=1S/C17H18N2O2/c1-12(2)19(17(21)13-8-4-3-5-9-13)15-11-7-6-10-14(15)16(18)20/h3-12H,1-2H3,(H2,18,20). The third-order valence-corrected chi connectivity index (χ3v) is 3.18. The summed E-state index contributed by atoms with van der Waals surface area (Å²) in [7, 11) is 0. The van der Waals surface area contributed by atoms with Crippen LogP contribution in [0.3, 0.4) is 0 Å². The van der Waals surface area contributed by atoms with Gasteiger partial charge in [0, 0.05) is 11.6 Å². The summed E-state index contributed by atoms with van der Waals surface area (Å²) in [6.07, 6.45) is 0. The molecule has 108 valence electrons. The van der Waals surface area contributed by atoms with Crippen molar-refractivity contribution in [2.24, 2.45) is 5.73 Å². The number of hydrogen-bond donors (Lipinski definition) is 1. The third kappa shape index (κ3) is 3.11. The molecule has 0 aromatic heterocycles. The molecule has 0 spiro atoms. The van der Waals surface area contributed by atoms with Crippen LogP contribution in [-0.4, -0.2) is 17.9 Å². The van der Waals surface area contributed by atoms with Crippen LogP contribution in [0.4, 0.5) is 5.69 Å². The van der Waals surface area contributed by atoms with Crippen LogP contribution in [0, 0.1) is 0 Å². The molecule has 2 N–H and O–H groups in total. The molecule has 0 atom stereocenters. The summed E-state index contributed by atoms with van der Waals surface area (Å²) in [4.78, 5) is 25.9. The minimum Gasteiger partial charge on any atom is -0.366 e. The Kier molecular flexibility index (Phi) is 4.38. The van der Waals surface area contributed by atoms with Crippen LogP contribution in [-0.2, 0) is 0 Å². The van der Waals surface area contributed by atoms with Crippen LogP contribution in [0.25, 0.3) is 0 Å². The predicted octanol–water partition coefficient (Wildman–Crippen LogP) is 2.84. The van der Waals surface area contributed by atoms with E-state index in [0.717, 1.165) is 0 Å². The van der Waals surface area contributed by atoms with E-state index in [2.05, 4.69) is 0 Å². The average Bonchev–Trinajstić information content (AvgIpc) is 2.48. The van der Waals surface area contributed by atoms with E-state index in [9.17, 15) is 9.59 Å². The van der Waals surface area contributed by atoms with Crippen molar-refractivity contribution in [3.63, 3.8) is 0 Å². The van der Waals surface area contributed by atoms with Crippen LogP contribution < -0.4 is 10.6 Å². The molecule has 0 aliphatic rings. The fourth-order valence-corrected chi connectivity index (χ4v) is 2.23. The fraction of sp³-hybridized carbons (Fsp3) is 0.176. The number of para-hydroxylation sites is 1.